The fraction of sp³-hybridized carbons (Fsp3) is 0.375. The first kappa shape index (κ1) is 17.1. The zero-order chi connectivity index (χ0) is 16.3. The van der Waals surface area contributed by atoms with Gasteiger partial charge in [0.15, 0.2) is 0 Å². The summed E-state index contributed by atoms with van der Waals surface area (Å²) in [7, 11) is 0. The van der Waals surface area contributed by atoms with Crippen molar-refractivity contribution in [2.45, 2.75) is 33.3 Å². The fourth-order valence-electron chi connectivity index (χ4n) is 2.02. The summed E-state index contributed by atoms with van der Waals surface area (Å²) < 4.78 is 6.48. The van der Waals surface area contributed by atoms with Crippen molar-refractivity contribution in [1.82, 2.24) is 4.90 Å². The predicted molar refractivity (Wildman–Crippen MR) is 92.9 cm³/mol. The van der Waals surface area contributed by atoms with Gasteiger partial charge in [-0.1, -0.05) is 13.0 Å². The van der Waals surface area contributed by atoms with Crippen molar-refractivity contribution in [2.75, 3.05) is 6.54 Å². The number of halogens is 1. The summed E-state index contributed by atoms with van der Waals surface area (Å²) in [6.07, 6.45) is 2.59. The van der Waals surface area contributed by atoms with E-state index in [0.717, 1.165) is 34.0 Å². The van der Waals surface area contributed by atoms with Crippen LogP contribution in [0.2, 0.25) is 0 Å². The van der Waals surface area contributed by atoms with Gasteiger partial charge in [-0.2, -0.15) is 0 Å². The molecule has 22 heavy (non-hydrogen) atoms. The lowest BCUT2D eigenvalue weighted by atomic mass is 10.2. The minimum atomic E-state index is -0.213. The van der Waals surface area contributed by atoms with E-state index in [9.17, 15) is 9.59 Å². The van der Waals surface area contributed by atoms with Gasteiger partial charge in [-0.3, -0.25) is 14.5 Å². The highest BCUT2D eigenvalue weighted by atomic mass is 79.9. The molecule has 0 N–H and O–H groups in total. The van der Waals surface area contributed by atoms with Gasteiger partial charge in [0.25, 0.3) is 11.1 Å². The number of carbonyl (C=O) groups is 2. The molecule has 2 amide bonds. The van der Waals surface area contributed by atoms with Gasteiger partial charge >= 0.3 is 0 Å². The van der Waals surface area contributed by atoms with Crippen LogP contribution in [0.5, 0.6) is 5.75 Å². The van der Waals surface area contributed by atoms with Gasteiger partial charge in [-0.05, 0) is 71.7 Å². The number of thioether (sulfide) groups is 1. The van der Waals surface area contributed by atoms with Crippen LogP contribution in [0.3, 0.4) is 0 Å². The molecular formula is C16H18BrNO3S. The highest BCUT2D eigenvalue weighted by Crippen LogP contribution is 2.34. The van der Waals surface area contributed by atoms with Crippen molar-refractivity contribution < 1.29 is 14.3 Å². The largest absolute Gasteiger partial charge is 0.490 e. The van der Waals surface area contributed by atoms with Crippen LogP contribution in [-0.4, -0.2) is 28.7 Å². The molecule has 0 radical (unpaired) electrons. The van der Waals surface area contributed by atoms with Crippen LogP contribution in [-0.2, 0) is 4.79 Å². The molecule has 4 nitrogen and oxygen atoms in total. The summed E-state index contributed by atoms with van der Waals surface area (Å²) >= 11 is 4.45. The number of hydrogen-bond donors (Lipinski definition) is 0. The molecule has 1 saturated heterocycles. The molecule has 0 atom stereocenters. The van der Waals surface area contributed by atoms with Gasteiger partial charge in [-0.25, -0.2) is 0 Å². The predicted octanol–water partition coefficient (Wildman–Crippen LogP) is 4.68. The minimum absolute atomic E-state index is 0.0905. The maximum absolute atomic E-state index is 12.2. The molecular weight excluding hydrogens is 366 g/mol. The van der Waals surface area contributed by atoms with Crippen molar-refractivity contribution in [3.05, 3.63) is 33.1 Å². The average molecular weight is 384 g/mol. The third-order valence-electron chi connectivity index (χ3n) is 2.94. The molecule has 2 rings (SSSR count). The molecule has 0 spiro atoms. The molecule has 1 aliphatic heterocycles. The Kier molecular flexibility index (Phi) is 5.69. The highest BCUT2D eigenvalue weighted by molar-refractivity contribution is 9.10. The molecule has 0 bridgehead atoms. The average Bonchev–Trinajstić information content (AvgIpc) is 2.70. The Morgan fingerprint density at radius 1 is 1.36 bits per heavy atom. The van der Waals surface area contributed by atoms with E-state index < -0.39 is 0 Å². The van der Waals surface area contributed by atoms with E-state index in [1.165, 1.54) is 4.90 Å². The maximum Gasteiger partial charge on any atom is 0.293 e. The first-order valence-corrected chi connectivity index (χ1v) is 8.75. The molecule has 0 aromatic heterocycles. The van der Waals surface area contributed by atoms with E-state index in [-0.39, 0.29) is 17.3 Å². The highest BCUT2D eigenvalue weighted by Gasteiger charge is 2.34. The van der Waals surface area contributed by atoms with E-state index in [2.05, 4.69) is 15.9 Å². The summed E-state index contributed by atoms with van der Waals surface area (Å²) in [4.78, 5) is 25.8. The summed E-state index contributed by atoms with van der Waals surface area (Å²) in [5.74, 6) is 0.543. The SMILES string of the molecule is CCCN1C(=O)S/C(=C/c2ccc(OC(C)C)c(Br)c2)C1=O. The Morgan fingerprint density at radius 3 is 2.68 bits per heavy atom. The maximum atomic E-state index is 12.2. The van der Waals surface area contributed by atoms with Crippen LogP contribution in [0, 0.1) is 0 Å². The van der Waals surface area contributed by atoms with E-state index in [1.807, 2.05) is 39.0 Å². The number of nitrogens with zero attached hydrogens (tertiary/aromatic N) is 1. The summed E-state index contributed by atoms with van der Waals surface area (Å²) in [6.45, 7) is 6.33. The van der Waals surface area contributed by atoms with Gasteiger partial charge in [-0.15, -0.1) is 0 Å². The van der Waals surface area contributed by atoms with E-state index in [1.54, 1.807) is 6.08 Å². The number of imide groups is 1. The molecule has 1 aromatic rings. The van der Waals surface area contributed by atoms with Crippen LogP contribution in [0.25, 0.3) is 6.08 Å². The van der Waals surface area contributed by atoms with Crippen LogP contribution < -0.4 is 4.74 Å². The number of rotatable bonds is 5. The number of ether oxygens (including phenoxy) is 1. The number of carbonyl (C=O) groups excluding carboxylic acids is 2. The molecule has 1 aliphatic rings. The lowest BCUT2D eigenvalue weighted by Gasteiger charge is -2.12. The van der Waals surface area contributed by atoms with Gasteiger partial charge in [0.2, 0.25) is 0 Å². The Balaban J connectivity index is 2.21. The van der Waals surface area contributed by atoms with Crippen LogP contribution in [0.4, 0.5) is 4.79 Å². The lowest BCUT2D eigenvalue weighted by molar-refractivity contribution is -0.122. The molecule has 1 fully saturated rings. The van der Waals surface area contributed by atoms with E-state index in [4.69, 9.17) is 4.74 Å². The van der Waals surface area contributed by atoms with Crippen molar-refractivity contribution in [1.29, 1.82) is 0 Å². The monoisotopic (exact) mass is 383 g/mol. The second-order valence-corrected chi connectivity index (χ2v) is 7.04. The Morgan fingerprint density at radius 2 is 2.09 bits per heavy atom. The molecule has 118 valence electrons. The van der Waals surface area contributed by atoms with Gasteiger partial charge in [0, 0.05) is 6.54 Å². The lowest BCUT2D eigenvalue weighted by Crippen LogP contribution is -2.28. The van der Waals surface area contributed by atoms with Crippen molar-refractivity contribution >= 4 is 44.9 Å². The van der Waals surface area contributed by atoms with Crippen molar-refractivity contribution in [3.8, 4) is 5.75 Å². The summed E-state index contributed by atoms with van der Waals surface area (Å²) in [6, 6.07) is 5.61. The zero-order valence-electron chi connectivity index (χ0n) is 12.8. The third-order valence-corrected chi connectivity index (χ3v) is 4.46. The first-order valence-electron chi connectivity index (χ1n) is 7.14. The van der Waals surface area contributed by atoms with Crippen LogP contribution >= 0.6 is 27.7 Å². The van der Waals surface area contributed by atoms with Crippen molar-refractivity contribution in [2.24, 2.45) is 0 Å². The number of hydrogen-bond acceptors (Lipinski definition) is 4. The summed E-state index contributed by atoms with van der Waals surface area (Å²) in [5, 5.41) is -0.197. The quantitative estimate of drug-likeness (QED) is 0.692. The number of benzene rings is 1. The van der Waals surface area contributed by atoms with Crippen LogP contribution in [0.1, 0.15) is 32.8 Å². The van der Waals surface area contributed by atoms with Crippen molar-refractivity contribution in [3.63, 3.8) is 0 Å². The summed E-state index contributed by atoms with van der Waals surface area (Å²) in [5.41, 5.74) is 0.852. The Labute approximate surface area is 143 Å². The fourth-order valence-corrected chi connectivity index (χ4v) is 3.38. The second kappa shape index (κ2) is 7.33. The smallest absolute Gasteiger partial charge is 0.293 e. The minimum Gasteiger partial charge on any atom is -0.490 e. The topological polar surface area (TPSA) is 46.6 Å². The Bertz CT molecular complexity index is 628. The first-order chi connectivity index (χ1) is 10.4. The standard InChI is InChI=1S/C16H18BrNO3S/c1-4-7-18-15(19)14(22-16(18)20)9-11-5-6-13(12(17)8-11)21-10(2)3/h5-6,8-10H,4,7H2,1-3H3/b14-9+. The number of amides is 2. The molecule has 0 saturated carbocycles. The van der Waals surface area contributed by atoms with E-state index in [0.29, 0.717) is 11.4 Å². The Hall–Kier alpha value is -1.27. The van der Waals surface area contributed by atoms with Gasteiger partial charge in [0.1, 0.15) is 5.75 Å². The molecule has 0 unspecified atom stereocenters. The van der Waals surface area contributed by atoms with Gasteiger partial charge < -0.3 is 4.74 Å². The van der Waals surface area contributed by atoms with Gasteiger partial charge in [0.05, 0.1) is 15.5 Å². The molecule has 0 aliphatic carbocycles. The normalized spacial score (nSPS) is 17.0. The molecule has 1 aromatic carbocycles. The van der Waals surface area contributed by atoms with E-state index >= 15 is 0 Å². The second-order valence-electron chi connectivity index (χ2n) is 5.19. The molecule has 6 heteroatoms. The molecule has 1 heterocycles. The third kappa shape index (κ3) is 3.93. The zero-order valence-corrected chi connectivity index (χ0v) is 15.2. The van der Waals surface area contributed by atoms with Crippen LogP contribution in [0.15, 0.2) is 27.6 Å².